The first kappa shape index (κ1) is 19.9. The van der Waals surface area contributed by atoms with Crippen molar-refractivity contribution < 1.29 is 26.8 Å². The van der Waals surface area contributed by atoms with Gasteiger partial charge in [0.25, 0.3) is 5.91 Å². The number of carbonyl (C=O) groups is 1. The van der Waals surface area contributed by atoms with Gasteiger partial charge in [0.15, 0.2) is 15.6 Å². The third-order valence-electron chi connectivity index (χ3n) is 3.98. The Morgan fingerprint density at radius 1 is 1.00 bits per heavy atom. The molecule has 3 rings (SSSR count). The summed E-state index contributed by atoms with van der Waals surface area (Å²) in [6.45, 7) is 1.21. The molecule has 0 spiro atoms. The van der Waals surface area contributed by atoms with E-state index >= 15 is 0 Å². The molecular weight excluding hydrogens is 382 g/mol. The summed E-state index contributed by atoms with van der Waals surface area (Å²) < 4.78 is 40.8. The molecule has 3 aromatic rings. The van der Waals surface area contributed by atoms with Gasteiger partial charge in [0.1, 0.15) is 12.4 Å². The molecule has 7 nitrogen and oxygen atoms in total. The Balaban J connectivity index is 1.48. The first-order valence-electron chi connectivity index (χ1n) is 8.79. The van der Waals surface area contributed by atoms with Gasteiger partial charge in [-0.1, -0.05) is 18.2 Å². The molecule has 8 heteroatoms. The van der Waals surface area contributed by atoms with E-state index in [0.717, 1.165) is 5.76 Å². The summed E-state index contributed by atoms with van der Waals surface area (Å²) in [5.41, 5.74) is 0.329. The number of carbonyl (C=O) groups excluding carboxylic acids is 1. The highest BCUT2D eigenvalue weighted by molar-refractivity contribution is 7.90. The van der Waals surface area contributed by atoms with Gasteiger partial charge in [0.2, 0.25) is 0 Å². The van der Waals surface area contributed by atoms with E-state index < -0.39 is 15.7 Å². The van der Waals surface area contributed by atoms with Crippen molar-refractivity contribution in [2.24, 2.45) is 0 Å². The fourth-order valence-corrected chi connectivity index (χ4v) is 3.96. The lowest BCUT2D eigenvalue weighted by molar-refractivity contribution is 0.0893. The van der Waals surface area contributed by atoms with Gasteiger partial charge in [-0.15, -0.1) is 0 Å². The van der Waals surface area contributed by atoms with Gasteiger partial charge < -0.3 is 18.9 Å². The maximum Gasteiger partial charge on any atom is 0.287 e. The Labute approximate surface area is 163 Å². The van der Waals surface area contributed by atoms with Crippen LogP contribution < -0.4 is 5.32 Å². The molecule has 2 heterocycles. The van der Waals surface area contributed by atoms with Crippen LogP contribution in [-0.4, -0.2) is 27.5 Å². The van der Waals surface area contributed by atoms with E-state index in [-0.39, 0.29) is 16.4 Å². The van der Waals surface area contributed by atoms with Crippen LogP contribution in [0, 0.1) is 0 Å². The molecule has 0 saturated heterocycles. The van der Waals surface area contributed by atoms with E-state index in [1.165, 1.54) is 24.5 Å². The van der Waals surface area contributed by atoms with Crippen molar-refractivity contribution in [2.45, 2.75) is 23.7 Å². The lowest BCUT2D eigenvalue weighted by Gasteiger charge is -2.07. The first-order chi connectivity index (χ1) is 13.6. The molecule has 1 aromatic carbocycles. The van der Waals surface area contributed by atoms with Crippen LogP contribution in [0.4, 0.5) is 0 Å². The van der Waals surface area contributed by atoms with Crippen LogP contribution in [-0.2, 0) is 26.9 Å². The van der Waals surface area contributed by atoms with Crippen molar-refractivity contribution in [2.75, 3.05) is 13.2 Å². The number of rotatable bonds is 10. The maximum absolute atomic E-state index is 12.5. The van der Waals surface area contributed by atoms with Gasteiger partial charge in [-0.05, 0) is 36.8 Å². The number of ether oxygens (including phenoxy) is 1. The number of sulfone groups is 1. The predicted molar refractivity (Wildman–Crippen MR) is 101 cm³/mol. The number of hydrogen-bond acceptors (Lipinski definition) is 6. The lowest BCUT2D eigenvalue weighted by Crippen LogP contribution is -2.26. The number of nitrogens with one attached hydrogen (secondary N) is 1. The van der Waals surface area contributed by atoms with E-state index in [0.29, 0.717) is 31.7 Å². The van der Waals surface area contributed by atoms with Crippen molar-refractivity contribution in [1.82, 2.24) is 5.32 Å². The molecule has 0 bridgehead atoms. The van der Waals surface area contributed by atoms with Crippen molar-refractivity contribution in [3.63, 3.8) is 0 Å². The molecule has 0 atom stereocenters. The van der Waals surface area contributed by atoms with Crippen LogP contribution in [0.3, 0.4) is 0 Å². The summed E-state index contributed by atoms with van der Waals surface area (Å²) in [6.07, 6.45) is 3.50. The quantitative estimate of drug-likeness (QED) is 0.522. The van der Waals surface area contributed by atoms with E-state index in [2.05, 4.69) is 5.32 Å². The average molecular weight is 403 g/mol. The number of hydrogen-bond donors (Lipinski definition) is 1. The molecular formula is C20H21NO6S. The fourth-order valence-electron chi connectivity index (χ4n) is 2.59. The molecule has 0 aliphatic carbocycles. The Morgan fingerprint density at radius 3 is 2.57 bits per heavy atom. The third kappa shape index (κ3) is 5.34. The van der Waals surface area contributed by atoms with E-state index in [9.17, 15) is 13.2 Å². The second-order valence-electron chi connectivity index (χ2n) is 6.09. The Bertz CT molecular complexity index is 977. The molecule has 0 unspecified atom stereocenters. The monoisotopic (exact) mass is 403 g/mol. The van der Waals surface area contributed by atoms with Crippen molar-refractivity contribution in [3.05, 3.63) is 78.1 Å². The van der Waals surface area contributed by atoms with Crippen LogP contribution in [0.15, 0.2) is 74.8 Å². The molecule has 2 aromatic heterocycles. The number of benzene rings is 1. The van der Waals surface area contributed by atoms with Crippen LogP contribution in [0.25, 0.3) is 0 Å². The summed E-state index contributed by atoms with van der Waals surface area (Å²) >= 11 is 0. The summed E-state index contributed by atoms with van der Waals surface area (Å²) in [4.78, 5) is 12.5. The van der Waals surface area contributed by atoms with Gasteiger partial charge in [0.05, 0.1) is 23.2 Å². The minimum atomic E-state index is -3.56. The molecule has 1 amide bonds. The van der Waals surface area contributed by atoms with Crippen LogP contribution in [0.2, 0.25) is 0 Å². The van der Waals surface area contributed by atoms with Crippen molar-refractivity contribution >= 4 is 15.7 Å². The van der Waals surface area contributed by atoms with Crippen LogP contribution in [0.5, 0.6) is 0 Å². The van der Waals surface area contributed by atoms with Gasteiger partial charge in [-0.25, -0.2) is 8.42 Å². The molecule has 28 heavy (non-hydrogen) atoms. The minimum Gasteiger partial charge on any atom is -0.467 e. The lowest BCUT2D eigenvalue weighted by atomic mass is 10.2. The van der Waals surface area contributed by atoms with Gasteiger partial charge in [-0.2, -0.15) is 0 Å². The molecule has 1 N–H and O–H groups in total. The summed E-state index contributed by atoms with van der Waals surface area (Å²) in [6, 6.07) is 13.2. The van der Waals surface area contributed by atoms with E-state index in [4.69, 9.17) is 13.6 Å². The van der Waals surface area contributed by atoms with E-state index in [1.54, 1.807) is 30.5 Å². The molecule has 0 saturated carbocycles. The zero-order valence-corrected chi connectivity index (χ0v) is 16.0. The summed E-state index contributed by atoms with van der Waals surface area (Å²) in [7, 11) is -3.56. The highest BCUT2D eigenvalue weighted by atomic mass is 32.2. The normalized spacial score (nSPS) is 11.4. The van der Waals surface area contributed by atoms with Gasteiger partial charge in [-0.3, -0.25) is 4.79 Å². The zero-order valence-electron chi connectivity index (χ0n) is 15.2. The van der Waals surface area contributed by atoms with Crippen molar-refractivity contribution in [3.8, 4) is 0 Å². The average Bonchev–Trinajstić information content (AvgIpc) is 3.37. The molecule has 148 valence electrons. The third-order valence-corrected chi connectivity index (χ3v) is 5.66. The van der Waals surface area contributed by atoms with Crippen LogP contribution >= 0.6 is 0 Å². The molecule has 0 radical (unpaired) electrons. The zero-order chi connectivity index (χ0) is 19.8. The summed E-state index contributed by atoms with van der Waals surface area (Å²) in [5.74, 6) is -0.00287. The maximum atomic E-state index is 12.5. The largest absolute Gasteiger partial charge is 0.467 e. The topological polar surface area (TPSA) is 98.8 Å². The number of amides is 1. The minimum absolute atomic E-state index is 0.0102. The molecule has 0 aliphatic rings. The standard InChI is InChI=1S/C20H21NO6S/c22-20(21-10-5-11-25-14-17-6-4-12-26-17)19-16(9-13-27-19)15-28(23,24)18-7-2-1-3-8-18/h1-4,6-9,12-13H,5,10-11,14-15H2,(H,21,22). The SMILES string of the molecule is O=C(NCCCOCc1ccco1)c1occc1CS(=O)(=O)c1ccccc1. The van der Waals surface area contributed by atoms with E-state index in [1.807, 2.05) is 6.07 Å². The Hall–Kier alpha value is -2.84. The molecule has 0 aliphatic heterocycles. The molecule has 0 fully saturated rings. The van der Waals surface area contributed by atoms with Crippen molar-refractivity contribution in [1.29, 1.82) is 0 Å². The highest BCUT2D eigenvalue weighted by Gasteiger charge is 2.22. The first-order valence-corrected chi connectivity index (χ1v) is 10.4. The van der Waals surface area contributed by atoms with Gasteiger partial charge >= 0.3 is 0 Å². The predicted octanol–water partition coefficient (Wildman–Crippen LogP) is 3.18. The second kappa shape index (κ2) is 9.38. The highest BCUT2D eigenvalue weighted by Crippen LogP contribution is 2.19. The Kier molecular flexibility index (Phi) is 6.67. The fraction of sp³-hybridized carbons (Fsp3) is 0.250. The summed E-state index contributed by atoms with van der Waals surface area (Å²) in [5, 5.41) is 2.71. The number of furan rings is 2. The Morgan fingerprint density at radius 2 is 1.82 bits per heavy atom. The smallest absolute Gasteiger partial charge is 0.287 e. The second-order valence-corrected chi connectivity index (χ2v) is 8.08. The van der Waals surface area contributed by atoms with Gasteiger partial charge in [0, 0.05) is 18.7 Å². The van der Waals surface area contributed by atoms with Crippen LogP contribution in [0.1, 0.15) is 28.3 Å².